The fourth-order valence-corrected chi connectivity index (χ4v) is 2.79. The van der Waals surface area contributed by atoms with Crippen molar-refractivity contribution in [3.05, 3.63) is 45.4 Å². The highest BCUT2D eigenvalue weighted by Crippen LogP contribution is 2.36. The number of hydrogen-bond donors (Lipinski definition) is 1. The van der Waals surface area contributed by atoms with Crippen LogP contribution in [-0.2, 0) is 0 Å². The summed E-state index contributed by atoms with van der Waals surface area (Å²) >= 11 is 0. The molecular weight excluding hydrogens is 306 g/mol. The smallest absolute Gasteiger partial charge is 0.274 e. The Balaban J connectivity index is 2.82. The van der Waals surface area contributed by atoms with Gasteiger partial charge in [-0.25, -0.2) is 5.10 Å². The third-order valence-corrected chi connectivity index (χ3v) is 4.18. The molecule has 0 atom stereocenters. The molecule has 0 aliphatic rings. The highest BCUT2D eigenvalue weighted by Gasteiger charge is 2.25. The lowest BCUT2D eigenvalue weighted by molar-refractivity contribution is 0.0766. The molecule has 0 aliphatic heterocycles. The number of carbonyl (C=O) groups excluding carboxylic acids is 1. The monoisotopic (exact) mass is 329 g/mol. The average Bonchev–Trinajstić information content (AvgIpc) is 2.58. The number of ether oxygens (including phenoxy) is 1. The van der Waals surface area contributed by atoms with E-state index in [1.165, 1.54) is 0 Å². The molecular formula is C18H23N3O3. The van der Waals surface area contributed by atoms with Gasteiger partial charge in [0.2, 0.25) is 0 Å². The van der Waals surface area contributed by atoms with E-state index < -0.39 is 0 Å². The van der Waals surface area contributed by atoms with E-state index in [2.05, 4.69) is 10.2 Å². The molecule has 0 radical (unpaired) electrons. The first-order valence-electron chi connectivity index (χ1n) is 7.98. The largest absolute Gasteiger partial charge is 0.496 e. The zero-order valence-electron chi connectivity index (χ0n) is 14.8. The number of nitrogens with one attached hydrogen (secondary N) is 1. The second-order valence-electron chi connectivity index (χ2n) is 5.53. The minimum absolute atomic E-state index is 0.209. The molecule has 1 amide bonds. The van der Waals surface area contributed by atoms with Crippen molar-refractivity contribution in [3.8, 4) is 16.9 Å². The van der Waals surface area contributed by atoms with Crippen LogP contribution >= 0.6 is 0 Å². The number of aromatic nitrogens is 2. The van der Waals surface area contributed by atoms with Crippen LogP contribution in [0.25, 0.3) is 11.1 Å². The third kappa shape index (κ3) is 3.04. The van der Waals surface area contributed by atoms with E-state index in [-0.39, 0.29) is 17.2 Å². The van der Waals surface area contributed by atoms with Crippen LogP contribution in [0.3, 0.4) is 0 Å². The van der Waals surface area contributed by atoms with Crippen LogP contribution in [0.2, 0.25) is 0 Å². The number of benzene rings is 1. The van der Waals surface area contributed by atoms with Crippen LogP contribution in [0.1, 0.15) is 35.5 Å². The van der Waals surface area contributed by atoms with Crippen molar-refractivity contribution >= 4 is 5.91 Å². The fourth-order valence-electron chi connectivity index (χ4n) is 2.79. The van der Waals surface area contributed by atoms with Crippen molar-refractivity contribution in [1.29, 1.82) is 0 Å². The van der Waals surface area contributed by atoms with Crippen LogP contribution in [0, 0.1) is 13.8 Å². The minimum atomic E-state index is -0.314. The second-order valence-corrected chi connectivity index (χ2v) is 5.53. The summed E-state index contributed by atoms with van der Waals surface area (Å²) in [4.78, 5) is 26.7. The van der Waals surface area contributed by atoms with Crippen molar-refractivity contribution in [2.24, 2.45) is 0 Å². The number of rotatable bonds is 5. The standard InChI is InChI=1S/C18H23N3O3/c1-6-21(7-2)18(23)16-15(12(4)17(22)20-19-16)14-11(3)9-8-10-13(14)24-5/h8-10H,6-7H2,1-5H3,(H,20,22). The molecule has 0 spiro atoms. The summed E-state index contributed by atoms with van der Waals surface area (Å²) in [5, 5.41) is 6.49. The summed E-state index contributed by atoms with van der Waals surface area (Å²) < 4.78 is 5.46. The summed E-state index contributed by atoms with van der Waals surface area (Å²) in [5.74, 6) is 0.402. The van der Waals surface area contributed by atoms with Crippen molar-refractivity contribution in [3.63, 3.8) is 0 Å². The molecule has 1 N–H and O–H groups in total. The van der Waals surface area contributed by atoms with Crippen molar-refractivity contribution in [2.45, 2.75) is 27.7 Å². The van der Waals surface area contributed by atoms with E-state index >= 15 is 0 Å². The minimum Gasteiger partial charge on any atom is -0.496 e. The highest BCUT2D eigenvalue weighted by atomic mass is 16.5. The number of methoxy groups -OCH3 is 1. The van der Waals surface area contributed by atoms with Gasteiger partial charge in [-0.1, -0.05) is 12.1 Å². The maximum absolute atomic E-state index is 12.9. The summed E-state index contributed by atoms with van der Waals surface area (Å²) in [6.45, 7) is 8.58. The van der Waals surface area contributed by atoms with Gasteiger partial charge in [0.15, 0.2) is 5.69 Å². The Morgan fingerprint density at radius 3 is 2.46 bits per heavy atom. The Morgan fingerprint density at radius 1 is 1.21 bits per heavy atom. The summed E-state index contributed by atoms with van der Waals surface area (Å²) in [6.07, 6.45) is 0. The Hall–Kier alpha value is -2.63. The predicted molar refractivity (Wildman–Crippen MR) is 93.6 cm³/mol. The number of H-pyrrole nitrogens is 1. The number of carbonyl (C=O) groups is 1. The normalized spacial score (nSPS) is 10.5. The zero-order valence-corrected chi connectivity index (χ0v) is 14.8. The van der Waals surface area contributed by atoms with Gasteiger partial charge in [0, 0.05) is 29.8 Å². The van der Waals surface area contributed by atoms with Crippen LogP contribution < -0.4 is 10.3 Å². The van der Waals surface area contributed by atoms with Crippen molar-refractivity contribution < 1.29 is 9.53 Å². The summed E-state index contributed by atoms with van der Waals surface area (Å²) in [6, 6.07) is 5.61. The first kappa shape index (κ1) is 17.7. The van der Waals surface area contributed by atoms with Gasteiger partial charge in [0.1, 0.15) is 5.75 Å². The lowest BCUT2D eigenvalue weighted by atomic mass is 9.94. The number of aryl methyl sites for hydroxylation is 1. The topological polar surface area (TPSA) is 75.3 Å². The first-order chi connectivity index (χ1) is 11.5. The molecule has 0 saturated carbocycles. The molecule has 1 heterocycles. The molecule has 2 rings (SSSR count). The number of amides is 1. The molecule has 2 aromatic rings. The number of aromatic amines is 1. The van der Waals surface area contributed by atoms with Gasteiger partial charge in [-0.05, 0) is 39.3 Å². The maximum Gasteiger partial charge on any atom is 0.274 e. The lowest BCUT2D eigenvalue weighted by Crippen LogP contribution is -2.33. The van der Waals surface area contributed by atoms with Crippen LogP contribution in [0.4, 0.5) is 0 Å². The summed E-state index contributed by atoms with van der Waals surface area (Å²) in [7, 11) is 1.57. The molecule has 6 heteroatoms. The van der Waals surface area contributed by atoms with Gasteiger partial charge in [0.25, 0.3) is 11.5 Å². The first-order valence-corrected chi connectivity index (χ1v) is 7.98. The van der Waals surface area contributed by atoms with E-state index in [1.54, 1.807) is 18.9 Å². The summed E-state index contributed by atoms with van der Waals surface area (Å²) in [5.41, 5.74) is 2.55. The zero-order chi connectivity index (χ0) is 17.9. The van der Waals surface area contributed by atoms with Gasteiger partial charge < -0.3 is 9.64 Å². The van der Waals surface area contributed by atoms with E-state index in [9.17, 15) is 9.59 Å². The Morgan fingerprint density at radius 2 is 1.88 bits per heavy atom. The molecule has 0 aliphatic carbocycles. The fraction of sp³-hybridized carbons (Fsp3) is 0.389. The Labute approximate surface area is 141 Å². The molecule has 6 nitrogen and oxygen atoms in total. The second kappa shape index (κ2) is 7.29. The highest BCUT2D eigenvalue weighted by molar-refractivity contribution is 6.00. The van der Waals surface area contributed by atoms with Gasteiger partial charge >= 0.3 is 0 Å². The quantitative estimate of drug-likeness (QED) is 0.915. The van der Waals surface area contributed by atoms with Crippen molar-refractivity contribution in [1.82, 2.24) is 15.1 Å². The van der Waals surface area contributed by atoms with E-state index in [4.69, 9.17) is 4.74 Å². The number of nitrogens with zero attached hydrogens (tertiary/aromatic N) is 2. The van der Waals surface area contributed by atoms with Gasteiger partial charge in [0.05, 0.1) is 7.11 Å². The lowest BCUT2D eigenvalue weighted by Gasteiger charge is -2.21. The van der Waals surface area contributed by atoms with Crippen LogP contribution in [0.5, 0.6) is 5.75 Å². The molecule has 0 unspecified atom stereocenters. The van der Waals surface area contributed by atoms with E-state index in [1.807, 2.05) is 39.0 Å². The Kier molecular flexibility index (Phi) is 5.39. The maximum atomic E-state index is 12.9. The predicted octanol–water partition coefficient (Wildman–Crippen LogP) is 2.54. The molecule has 0 fully saturated rings. The van der Waals surface area contributed by atoms with Crippen LogP contribution in [0.15, 0.2) is 23.0 Å². The number of hydrogen-bond acceptors (Lipinski definition) is 4. The van der Waals surface area contributed by atoms with Gasteiger partial charge in [-0.2, -0.15) is 5.10 Å². The molecule has 0 bridgehead atoms. The van der Waals surface area contributed by atoms with E-state index in [0.717, 1.165) is 11.1 Å². The molecule has 0 saturated heterocycles. The molecule has 1 aromatic heterocycles. The average molecular weight is 329 g/mol. The van der Waals surface area contributed by atoms with Gasteiger partial charge in [-0.15, -0.1) is 0 Å². The van der Waals surface area contributed by atoms with Crippen LogP contribution in [-0.4, -0.2) is 41.2 Å². The SMILES string of the molecule is CCN(CC)C(=O)c1n[nH]c(=O)c(C)c1-c1c(C)cccc1OC. The Bertz CT molecular complexity index is 808. The van der Waals surface area contributed by atoms with Gasteiger partial charge in [-0.3, -0.25) is 9.59 Å². The molecule has 128 valence electrons. The third-order valence-electron chi connectivity index (χ3n) is 4.18. The van der Waals surface area contributed by atoms with Crippen molar-refractivity contribution in [2.75, 3.05) is 20.2 Å². The molecule has 1 aromatic carbocycles. The van der Waals surface area contributed by atoms with E-state index in [0.29, 0.717) is 30.0 Å². The molecule has 24 heavy (non-hydrogen) atoms.